The van der Waals surface area contributed by atoms with Crippen LogP contribution in [0, 0.1) is 0 Å². The molecule has 14 heavy (non-hydrogen) atoms. The third-order valence-corrected chi connectivity index (χ3v) is 1.80. The minimum Gasteiger partial charge on any atom is -0.380 e. The zero-order valence-corrected chi connectivity index (χ0v) is 8.73. The van der Waals surface area contributed by atoms with Crippen LogP contribution in [0.2, 0.25) is 0 Å². The number of hydrogen-bond acceptors (Lipinski definition) is 5. The van der Waals surface area contributed by atoms with Gasteiger partial charge in [0.1, 0.15) is 12.5 Å². The van der Waals surface area contributed by atoms with E-state index < -0.39 is 6.23 Å². The van der Waals surface area contributed by atoms with Gasteiger partial charge in [-0.15, -0.1) is 0 Å². The fourth-order valence-corrected chi connectivity index (χ4v) is 0.807. The maximum absolute atomic E-state index is 9.92. The molecule has 0 rings (SSSR count). The Bertz CT molecular complexity index is 143. The summed E-state index contributed by atoms with van der Waals surface area (Å²) in [7, 11) is 1.54. The Kier molecular flexibility index (Phi) is 8.76. The van der Waals surface area contributed by atoms with Crippen molar-refractivity contribution >= 4 is 6.29 Å². The molecule has 84 valence electrons. The summed E-state index contributed by atoms with van der Waals surface area (Å²) < 4.78 is 10.0. The van der Waals surface area contributed by atoms with Crippen molar-refractivity contribution in [3.8, 4) is 0 Å². The third kappa shape index (κ3) is 6.97. The summed E-state index contributed by atoms with van der Waals surface area (Å²) in [6.07, 6.45) is 0.298. The molecule has 0 aliphatic rings. The molecular weight excluding hydrogens is 186 g/mol. The van der Waals surface area contributed by atoms with Crippen LogP contribution >= 0.6 is 0 Å². The van der Waals surface area contributed by atoms with Crippen LogP contribution in [0.3, 0.4) is 0 Å². The molecule has 2 N–H and O–H groups in total. The van der Waals surface area contributed by atoms with Gasteiger partial charge in [-0.3, -0.25) is 5.32 Å². The highest BCUT2D eigenvalue weighted by atomic mass is 16.5. The Hall–Kier alpha value is -0.490. The minimum absolute atomic E-state index is 0.245. The average molecular weight is 205 g/mol. The first-order chi connectivity index (χ1) is 6.72. The Morgan fingerprint density at radius 1 is 1.50 bits per heavy atom. The van der Waals surface area contributed by atoms with Gasteiger partial charge >= 0.3 is 0 Å². The highest BCUT2D eigenvalue weighted by Gasteiger charge is 2.10. The van der Waals surface area contributed by atoms with E-state index in [1.54, 1.807) is 6.92 Å². The van der Waals surface area contributed by atoms with Crippen molar-refractivity contribution in [1.29, 1.82) is 0 Å². The Labute approximate surface area is 84.4 Å². The monoisotopic (exact) mass is 205 g/mol. The summed E-state index contributed by atoms with van der Waals surface area (Å²) in [5, 5.41) is 12.2. The topological polar surface area (TPSA) is 67.8 Å². The van der Waals surface area contributed by atoms with Gasteiger partial charge in [0.2, 0.25) is 0 Å². The van der Waals surface area contributed by atoms with Gasteiger partial charge in [-0.1, -0.05) is 0 Å². The van der Waals surface area contributed by atoms with Crippen molar-refractivity contribution in [3.05, 3.63) is 0 Å². The molecule has 0 saturated heterocycles. The summed E-state index contributed by atoms with van der Waals surface area (Å²) >= 11 is 0. The van der Waals surface area contributed by atoms with Crippen LogP contribution in [0.1, 0.15) is 13.3 Å². The third-order valence-electron chi connectivity index (χ3n) is 1.80. The number of carbonyl (C=O) groups excluding carboxylic acids is 1. The van der Waals surface area contributed by atoms with Crippen LogP contribution in [0.5, 0.6) is 0 Å². The molecule has 0 spiro atoms. The number of methoxy groups -OCH3 is 1. The molecule has 0 amide bonds. The van der Waals surface area contributed by atoms with Gasteiger partial charge in [-0.25, -0.2) is 0 Å². The van der Waals surface area contributed by atoms with Crippen LogP contribution in [0.4, 0.5) is 0 Å². The van der Waals surface area contributed by atoms with Gasteiger partial charge in [0.25, 0.3) is 0 Å². The first kappa shape index (κ1) is 13.5. The second-order valence-electron chi connectivity index (χ2n) is 2.91. The molecule has 0 aliphatic heterocycles. The summed E-state index contributed by atoms with van der Waals surface area (Å²) in [5.74, 6) is 0. The first-order valence-corrected chi connectivity index (χ1v) is 4.68. The van der Waals surface area contributed by atoms with E-state index in [0.29, 0.717) is 26.2 Å². The van der Waals surface area contributed by atoms with E-state index in [1.807, 2.05) is 0 Å². The fourth-order valence-electron chi connectivity index (χ4n) is 0.807. The summed E-state index contributed by atoms with van der Waals surface area (Å²) in [6, 6.07) is 0. The van der Waals surface area contributed by atoms with Gasteiger partial charge in [0, 0.05) is 20.1 Å². The molecule has 0 bridgehead atoms. The standard InChI is InChI=1S/C9H19NO4/c1-8(13-2)9(12)10-4-7-14-6-3-5-11/h5,8-10,12H,3-4,6-7H2,1-2H3. The molecule has 0 aliphatic carbocycles. The maximum atomic E-state index is 9.92. The van der Waals surface area contributed by atoms with Crippen LogP contribution in [-0.4, -0.2) is 50.6 Å². The largest absolute Gasteiger partial charge is 0.380 e. The normalized spacial score (nSPS) is 15.1. The smallest absolute Gasteiger partial charge is 0.131 e. The Morgan fingerprint density at radius 2 is 2.21 bits per heavy atom. The number of aliphatic hydroxyl groups is 1. The molecule has 0 saturated carbocycles. The number of aliphatic hydroxyl groups excluding tert-OH is 1. The summed E-state index contributed by atoms with van der Waals surface area (Å²) in [6.45, 7) is 3.21. The molecular formula is C9H19NO4. The van der Waals surface area contributed by atoms with Crippen LogP contribution in [0.25, 0.3) is 0 Å². The molecule has 0 aromatic rings. The molecule has 0 aromatic heterocycles. The maximum Gasteiger partial charge on any atom is 0.131 e. The molecule has 2 unspecified atom stereocenters. The van der Waals surface area contributed by atoms with Gasteiger partial charge in [-0.2, -0.15) is 0 Å². The lowest BCUT2D eigenvalue weighted by atomic mass is 10.3. The average Bonchev–Trinajstić information content (AvgIpc) is 2.21. The van der Waals surface area contributed by atoms with Crippen molar-refractivity contribution in [3.63, 3.8) is 0 Å². The fraction of sp³-hybridized carbons (Fsp3) is 0.889. The van der Waals surface area contributed by atoms with Crippen molar-refractivity contribution in [2.45, 2.75) is 25.7 Å². The second-order valence-corrected chi connectivity index (χ2v) is 2.91. The highest BCUT2D eigenvalue weighted by molar-refractivity contribution is 5.49. The lowest BCUT2D eigenvalue weighted by Crippen LogP contribution is -2.40. The number of hydrogen-bond donors (Lipinski definition) is 2. The van der Waals surface area contributed by atoms with E-state index in [-0.39, 0.29) is 6.10 Å². The van der Waals surface area contributed by atoms with Crippen LogP contribution in [0.15, 0.2) is 0 Å². The van der Waals surface area contributed by atoms with E-state index >= 15 is 0 Å². The molecule has 0 radical (unpaired) electrons. The molecule has 0 heterocycles. The van der Waals surface area contributed by atoms with E-state index in [1.165, 1.54) is 7.11 Å². The number of ether oxygens (including phenoxy) is 2. The number of aldehydes is 1. The quantitative estimate of drug-likeness (QED) is 0.303. The lowest BCUT2D eigenvalue weighted by Gasteiger charge is -2.18. The van der Waals surface area contributed by atoms with Crippen LogP contribution < -0.4 is 5.32 Å². The molecule has 5 heteroatoms. The van der Waals surface area contributed by atoms with Gasteiger partial charge in [-0.05, 0) is 6.92 Å². The van der Waals surface area contributed by atoms with Gasteiger partial charge < -0.3 is 19.4 Å². The van der Waals surface area contributed by atoms with Crippen molar-refractivity contribution < 1.29 is 19.4 Å². The molecule has 0 aromatic carbocycles. The van der Waals surface area contributed by atoms with Crippen LogP contribution in [-0.2, 0) is 14.3 Å². The summed E-state index contributed by atoms with van der Waals surface area (Å²) in [4.78, 5) is 9.92. The van der Waals surface area contributed by atoms with E-state index in [9.17, 15) is 9.90 Å². The minimum atomic E-state index is -0.685. The molecule has 0 fully saturated rings. The second kappa shape index (κ2) is 9.08. The predicted octanol–water partition coefficient (Wildman–Crippen LogP) is -0.465. The number of nitrogens with one attached hydrogen (secondary N) is 1. The van der Waals surface area contributed by atoms with Gasteiger partial charge in [0.05, 0.1) is 19.3 Å². The first-order valence-electron chi connectivity index (χ1n) is 4.68. The number of carbonyl (C=O) groups is 1. The van der Waals surface area contributed by atoms with Gasteiger partial charge in [0.15, 0.2) is 0 Å². The van der Waals surface area contributed by atoms with E-state index in [4.69, 9.17) is 9.47 Å². The van der Waals surface area contributed by atoms with Crippen molar-refractivity contribution in [1.82, 2.24) is 5.32 Å². The Morgan fingerprint density at radius 3 is 2.79 bits per heavy atom. The highest BCUT2D eigenvalue weighted by Crippen LogP contribution is 1.92. The molecule has 5 nitrogen and oxygen atoms in total. The lowest BCUT2D eigenvalue weighted by molar-refractivity contribution is -0.108. The molecule has 2 atom stereocenters. The van der Waals surface area contributed by atoms with E-state index in [0.717, 1.165) is 6.29 Å². The van der Waals surface area contributed by atoms with Crippen molar-refractivity contribution in [2.75, 3.05) is 26.9 Å². The van der Waals surface area contributed by atoms with Crippen molar-refractivity contribution in [2.24, 2.45) is 0 Å². The summed E-state index contributed by atoms with van der Waals surface area (Å²) in [5.41, 5.74) is 0. The van der Waals surface area contributed by atoms with E-state index in [2.05, 4.69) is 5.32 Å². The Balaban J connectivity index is 3.22. The number of rotatable bonds is 9. The SMILES string of the molecule is COC(C)C(O)NCCOCCC=O. The zero-order chi connectivity index (χ0) is 10.8. The zero-order valence-electron chi connectivity index (χ0n) is 8.73. The predicted molar refractivity (Wildman–Crippen MR) is 52.0 cm³/mol.